The van der Waals surface area contributed by atoms with Crippen molar-refractivity contribution >= 4 is 0 Å². The topological polar surface area (TPSA) is 33.3 Å². The van der Waals surface area contributed by atoms with Crippen molar-refractivity contribution in [3.05, 3.63) is 0 Å². The predicted molar refractivity (Wildman–Crippen MR) is 51.9 cm³/mol. The second kappa shape index (κ2) is 3.23. The molecule has 0 aromatic rings. The lowest BCUT2D eigenvalue weighted by atomic mass is 9.73. The van der Waals surface area contributed by atoms with Crippen molar-refractivity contribution in [2.24, 2.45) is 17.3 Å². The Morgan fingerprint density at radius 3 is 2.69 bits per heavy atom. The molecule has 0 aromatic heterocycles. The molecule has 0 amide bonds. The zero-order valence-corrected chi connectivity index (χ0v) is 8.76. The van der Waals surface area contributed by atoms with Gasteiger partial charge in [-0.25, -0.2) is 5.48 Å². The Hall–Kier alpha value is -0.120. The van der Waals surface area contributed by atoms with Gasteiger partial charge in [0.05, 0.1) is 0 Å². The summed E-state index contributed by atoms with van der Waals surface area (Å²) in [6.07, 6.45) is 1.55. The summed E-state index contributed by atoms with van der Waals surface area (Å²) in [6, 6.07) is 0. The van der Waals surface area contributed by atoms with E-state index in [1.54, 1.807) is 0 Å². The van der Waals surface area contributed by atoms with Crippen molar-refractivity contribution in [3.63, 3.8) is 0 Å². The molecule has 2 rings (SSSR count). The van der Waals surface area contributed by atoms with Crippen molar-refractivity contribution in [1.82, 2.24) is 10.8 Å². The van der Waals surface area contributed by atoms with E-state index in [2.05, 4.69) is 31.6 Å². The van der Waals surface area contributed by atoms with E-state index in [9.17, 15) is 0 Å². The summed E-state index contributed by atoms with van der Waals surface area (Å²) >= 11 is 0. The average Bonchev–Trinajstić information content (AvgIpc) is 2.47. The van der Waals surface area contributed by atoms with Gasteiger partial charge in [-0.15, -0.1) is 0 Å². The number of hydrogen-bond donors (Lipinski definition) is 2. The molecule has 2 N–H and O–H groups in total. The van der Waals surface area contributed by atoms with Crippen LogP contribution in [0.4, 0.5) is 0 Å². The molecule has 2 aliphatic heterocycles. The molecule has 0 spiro atoms. The first kappa shape index (κ1) is 9.44. The standard InChI is InChI=1S/C10H20N2O/c1-10(2,3)8-4-7-5-12-13-9(7)11-6-8/h7-9,11-12H,4-6H2,1-3H3. The van der Waals surface area contributed by atoms with E-state index in [1.165, 1.54) is 6.42 Å². The number of rotatable bonds is 0. The third-order valence-electron chi connectivity index (χ3n) is 3.36. The maximum atomic E-state index is 5.36. The van der Waals surface area contributed by atoms with Gasteiger partial charge in [0.15, 0.2) is 0 Å². The van der Waals surface area contributed by atoms with Crippen LogP contribution in [0.5, 0.6) is 0 Å². The number of hydroxylamine groups is 1. The third-order valence-corrected chi connectivity index (χ3v) is 3.36. The molecule has 13 heavy (non-hydrogen) atoms. The second-order valence-electron chi connectivity index (χ2n) is 5.35. The lowest BCUT2D eigenvalue weighted by Gasteiger charge is -2.38. The maximum Gasteiger partial charge on any atom is 0.133 e. The van der Waals surface area contributed by atoms with Gasteiger partial charge in [0.1, 0.15) is 6.23 Å². The maximum absolute atomic E-state index is 5.36. The molecular formula is C10H20N2O. The minimum Gasteiger partial charge on any atom is -0.290 e. The highest BCUT2D eigenvalue weighted by Gasteiger charge is 2.38. The summed E-state index contributed by atoms with van der Waals surface area (Å²) in [6.45, 7) is 9.06. The monoisotopic (exact) mass is 184 g/mol. The first-order valence-corrected chi connectivity index (χ1v) is 5.19. The van der Waals surface area contributed by atoms with Gasteiger partial charge in [-0.2, -0.15) is 0 Å². The van der Waals surface area contributed by atoms with Gasteiger partial charge < -0.3 is 0 Å². The Bertz CT molecular complexity index is 188. The molecule has 76 valence electrons. The van der Waals surface area contributed by atoms with Crippen LogP contribution in [0.3, 0.4) is 0 Å². The molecule has 2 saturated heterocycles. The van der Waals surface area contributed by atoms with Crippen LogP contribution in [0, 0.1) is 17.3 Å². The van der Waals surface area contributed by atoms with Crippen molar-refractivity contribution in [2.75, 3.05) is 13.1 Å². The lowest BCUT2D eigenvalue weighted by Crippen LogP contribution is -2.47. The highest BCUT2D eigenvalue weighted by Crippen LogP contribution is 2.35. The normalized spacial score (nSPS) is 40.4. The molecule has 3 heteroatoms. The van der Waals surface area contributed by atoms with E-state index < -0.39 is 0 Å². The van der Waals surface area contributed by atoms with Crippen LogP contribution in [0.25, 0.3) is 0 Å². The first-order valence-electron chi connectivity index (χ1n) is 5.19. The summed E-state index contributed by atoms with van der Waals surface area (Å²) in [7, 11) is 0. The van der Waals surface area contributed by atoms with Crippen molar-refractivity contribution in [1.29, 1.82) is 0 Å². The molecular weight excluding hydrogens is 164 g/mol. The smallest absolute Gasteiger partial charge is 0.133 e. The zero-order chi connectivity index (χ0) is 9.47. The second-order valence-corrected chi connectivity index (χ2v) is 5.35. The molecule has 3 atom stereocenters. The summed E-state index contributed by atoms with van der Waals surface area (Å²) in [5, 5.41) is 3.45. The Labute approximate surface area is 80.2 Å². The van der Waals surface area contributed by atoms with E-state index in [0.717, 1.165) is 19.0 Å². The highest BCUT2D eigenvalue weighted by atomic mass is 16.7. The summed E-state index contributed by atoms with van der Waals surface area (Å²) < 4.78 is 0. The van der Waals surface area contributed by atoms with E-state index in [-0.39, 0.29) is 6.23 Å². The molecule has 2 fully saturated rings. The molecule has 0 saturated carbocycles. The fraction of sp³-hybridized carbons (Fsp3) is 1.00. The van der Waals surface area contributed by atoms with E-state index in [4.69, 9.17) is 4.84 Å². The van der Waals surface area contributed by atoms with Crippen LogP contribution < -0.4 is 10.8 Å². The van der Waals surface area contributed by atoms with Crippen molar-refractivity contribution in [3.8, 4) is 0 Å². The fourth-order valence-corrected chi connectivity index (χ4v) is 2.23. The molecule has 3 nitrogen and oxygen atoms in total. The van der Waals surface area contributed by atoms with Gasteiger partial charge in [0.25, 0.3) is 0 Å². The first-order chi connectivity index (χ1) is 6.07. The average molecular weight is 184 g/mol. The summed E-state index contributed by atoms with van der Waals surface area (Å²) in [5.74, 6) is 1.44. The Balaban J connectivity index is 1.97. The third kappa shape index (κ3) is 1.87. The molecule has 3 unspecified atom stereocenters. The van der Waals surface area contributed by atoms with Crippen LogP contribution in [-0.4, -0.2) is 19.3 Å². The quantitative estimate of drug-likeness (QED) is 0.592. The number of fused-ring (bicyclic) bond motifs is 1. The predicted octanol–water partition coefficient (Wildman–Crippen LogP) is 1.12. The molecule has 0 aliphatic carbocycles. The van der Waals surface area contributed by atoms with Gasteiger partial charge in [0, 0.05) is 19.0 Å². The van der Waals surface area contributed by atoms with Crippen LogP contribution in [-0.2, 0) is 4.84 Å². The Kier molecular flexibility index (Phi) is 2.34. The minimum absolute atomic E-state index is 0.263. The van der Waals surface area contributed by atoms with Gasteiger partial charge in [-0.1, -0.05) is 20.8 Å². The molecule has 0 bridgehead atoms. The molecule has 0 aromatic carbocycles. The molecule has 0 radical (unpaired) electrons. The SMILES string of the molecule is CC(C)(C)C1CNC2ONCC2C1. The minimum atomic E-state index is 0.263. The molecule has 2 aliphatic rings. The van der Waals surface area contributed by atoms with Crippen LogP contribution in [0.2, 0.25) is 0 Å². The Morgan fingerprint density at radius 2 is 2.00 bits per heavy atom. The van der Waals surface area contributed by atoms with E-state index >= 15 is 0 Å². The largest absolute Gasteiger partial charge is 0.290 e. The van der Waals surface area contributed by atoms with E-state index in [1.807, 2.05) is 0 Å². The van der Waals surface area contributed by atoms with Crippen LogP contribution >= 0.6 is 0 Å². The van der Waals surface area contributed by atoms with Crippen molar-refractivity contribution < 1.29 is 4.84 Å². The zero-order valence-electron chi connectivity index (χ0n) is 8.76. The summed E-state index contributed by atoms with van der Waals surface area (Å²) in [5.41, 5.74) is 3.39. The van der Waals surface area contributed by atoms with Crippen LogP contribution in [0.1, 0.15) is 27.2 Å². The molecule has 2 heterocycles. The van der Waals surface area contributed by atoms with Gasteiger partial charge in [0.2, 0.25) is 0 Å². The van der Waals surface area contributed by atoms with Gasteiger partial charge in [-0.05, 0) is 17.8 Å². The van der Waals surface area contributed by atoms with Gasteiger partial charge >= 0.3 is 0 Å². The number of nitrogens with one attached hydrogen (secondary N) is 2. The summed E-state index contributed by atoms with van der Waals surface area (Å²) in [4.78, 5) is 5.36. The Morgan fingerprint density at radius 1 is 1.23 bits per heavy atom. The van der Waals surface area contributed by atoms with Crippen LogP contribution in [0.15, 0.2) is 0 Å². The van der Waals surface area contributed by atoms with Crippen molar-refractivity contribution in [2.45, 2.75) is 33.4 Å². The number of piperidine rings is 1. The fourth-order valence-electron chi connectivity index (χ4n) is 2.23. The highest BCUT2D eigenvalue weighted by molar-refractivity contribution is 4.88. The number of hydrogen-bond acceptors (Lipinski definition) is 3. The van der Waals surface area contributed by atoms with E-state index in [0.29, 0.717) is 11.3 Å². The van der Waals surface area contributed by atoms with Gasteiger partial charge in [-0.3, -0.25) is 10.2 Å². The lowest BCUT2D eigenvalue weighted by molar-refractivity contribution is -0.0246.